The zero-order valence-electron chi connectivity index (χ0n) is 7.29. The van der Waals surface area contributed by atoms with Crippen LogP contribution in [-0.4, -0.2) is 24.7 Å². The van der Waals surface area contributed by atoms with Crippen molar-refractivity contribution in [3.05, 3.63) is 0 Å². The predicted molar refractivity (Wildman–Crippen MR) is 43.7 cm³/mol. The van der Waals surface area contributed by atoms with Gasteiger partial charge in [0.1, 0.15) is 12.3 Å². The number of hydrogen-bond donors (Lipinski definition) is 2. The van der Waals surface area contributed by atoms with E-state index in [4.69, 9.17) is 20.6 Å². The molecule has 0 aliphatic rings. The SMILES string of the molecule is CCOC(C)OC(=O)CC(=N)N. The van der Waals surface area contributed by atoms with E-state index in [9.17, 15) is 4.79 Å². The number of hydrogen-bond acceptors (Lipinski definition) is 4. The van der Waals surface area contributed by atoms with Crippen LogP contribution in [0.2, 0.25) is 0 Å². The van der Waals surface area contributed by atoms with E-state index in [1.54, 1.807) is 13.8 Å². The molecule has 0 radical (unpaired) electrons. The highest BCUT2D eigenvalue weighted by atomic mass is 16.7. The summed E-state index contributed by atoms with van der Waals surface area (Å²) in [5.41, 5.74) is 4.98. The van der Waals surface area contributed by atoms with Crippen molar-refractivity contribution in [1.82, 2.24) is 0 Å². The second-order valence-electron chi connectivity index (χ2n) is 2.21. The molecular formula is C7H14N2O3. The lowest BCUT2D eigenvalue weighted by Crippen LogP contribution is -2.22. The summed E-state index contributed by atoms with van der Waals surface area (Å²) in [7, 11) is 0. The van der Waals surface area contributed by atoms with Gasteiger partial charge in [0.15, 0.2) is 6.29 Å². The fourth-order valence-corrected chi connectivity index (χ4v) is 0.651. The number of rotatable bonds is 5. The van der Waals surface area contributed by atoms with Crippen molar-refractivity contribution in [3.8, 4) is 0 Å². The van der Waals surface area contributed by atoms with Crippen LogP contribution in [-0.2, 0) is 14.3 Å². The third kappa shape index (κ3) is 5.67. The maximum absolute atomic E-state index is 10.8. The van der Waals surface area contributed by atoms with E-state index in [2.05, 4.69) is 0 Å². The Bertz CT molecular complexity index is 170. The van der Waals surface area contributed by atoms with Gasteiger partial charge in [-0.2, -0.15) is 0 Å². The van der Waals surface area contributed by atoms with Crippen molar-refractivity contribution in [2.24, 2.45) is 5.73 Å². The van der Waals surface area contributed by atoms with Gasteiger partial charge < -0.3 is 15.2 Å². The second kappa shape index (κ2) is 5.54. The Morgan fingerprint density at radius 2 is 2.25 bits per heavy atom. The average molecular weight is 174 g/mol. The van der Waals surface area contributed by atoms with Crippen molar-refractivity contribution < 1.29 is 14.3 Å². The van der Waals surface area contributed by atoms with Crippen molar-refractivity contribution in [2.75, 3.05) is 6.61 Å². The van der Waals surface area contributed by atoms with Crippen LogP contribution in [0.3, 0.4) is 0 Å². The molecule has 0 bridgehead atoms. The first kappa shape index (κ1) is 10.9. The number of nitrogens with one attached hydrogen (secondary N) is 1. The summed E-state index contributed by atoms with van der Waals surface area (Å²) in [5.74, 6) is -0.743. The topological polar surface area (TPSA) is 85.4 Å². The first-order valence-corrected chi connectivity index (χ1v) is 3.70. The molecule has 0 aliphatic carbocycles. The number of carbonyl (C=O) groups excluding carboxylic acids is 1. The molecule has 5 heteroatoms. The molecule has 0 aromatic rings. The van der Waals surface area contributed by atoms with Crippen LogP contribution in [0.4, 0.5) is 0 Å². The van der Waals surface area contributed by atoms with E-state index in [1.807, 2.05) is 0 Å². The Labute approximate surface area is 71.3 Å². The highest BCUT2D eigenvalue weighted by Crippen LogP contribution is 1.95. The lowest BCUT2D eigenvalue weighted by atomic mass is 10.4. The lowest BCUT2D eigenvalue weighted by Gasteiger charge is -2.11. The van der Waals surface area contributed by atoms with Crippen LogP contribution in [0.5, 0.6) is 0 Å². The van der Waals surface area contributed by atoms with Crippen LogP contribution < -0.4 is 5.73 Å². The van der Waals surface area contributed by atoms with Crippen LogP contribution in [0.1, 0.15) is 20.3 Å². The molecule has 0 heterocycles. The van der Waals surface area contributed by atoms with Gasteiger partial charge in [0, 0.05) is 6.61 Å². The normalized spacial score (nSPS) is 12.2. The van der Waals surface area contributed by atoms with Crippen LogP contribution in [0.25, 0.3) is 0 Å². The minimum absolute atomic E-state index is 0.183. The van der Waals surface area contributed by atoms with Crippen molar-refractivity contribution in [2.45, 2.75) is 26.6 Å². The third-order valence-corrected chi connectivity index (χ3v) is 1.03. The Hall–Kier alpha value is -1.10. The molecule has 1 unspecified atom stereocenters. The summed E-state index contributed by atoms with van der Waals surface area (Å²) in [6, 6.07) is 0. The molecule has 0 aromatic carbocycles. The molecule has 0 spiro atoms. The summed E-state index contributed by atoms with van der Waals surface area (Å²) in [4.78, 5) is 10.8. The van der Waals surface area contributed by atoms with Gasteiger partial charge in [0.25, 0.3) is 0 Å². The Balaban J connectivity index is 3.61. The molecule has 3 N–H and O–H groups in total. The van der Waals surface area contributed by atoms with Crippen LogP contribution >= 0.6 is 0 Å². The molecule has 0 aliphatic heterocycles. The van der Waals surface area contributed by atoms with Gasteiger partial charge >= 0.3 is 5.97 Å². The highest BCUT2D eigenvalue weighted by Gasteiger charge is 2.09. The van der Waals surface area contributed by atoms with E-state index in [1.165, 1.54) is 0 Å². The summed E-state index contributed by atoms with van der Waals surface area (Å²) in [6.45, 7) is 3.89. The van der Waals surface area contributed by atoms with Gasteiger partial charge in [-0.05, 0) is 13.8 Å². The molecule has 0 amide bonds. The summed E-state index contributed by atoms with van der Waals surface area (Å²) >= 11 is 0. The maximum atomic E-state index is 10.8. The first-order chi connectivity index (χ1) is 5.56. The van der Waals surface area contributed by atoms with Crippen molar-refractivity contribution in [1.29, 1.82) is 5.41 Å². The fraction of sp³-hybridized carbons (Fsp3) is 0.714. The molecular weight excluding hydrogens is 160 g/mol. The molecule has 70 valence electrons. The average Bonchev–Trinajstić information content (AvgIpc) is 1.84. The number of ether oxygens (including phenoxy) is 2. The quantitative estimate of drug-likeness (QED) is 0.270. The Kier molecular flexibility index (Phi) is 5.03. The smallest absolute Gasteiger partial charge is 0.315 e. The Morgan fingerprint density at radius 3 is 2.67 bits per heavy atom. The summed E-state index contributed by atoms with van der Waals surface area (Å²) in [6.07, 6.45) is -0.751. The molecule has 0 fully saturated rings. The van der Waals surface area contributed by atoms with Gasteiger partial charge in [-0.1, -0.05) is 0 Å². The molecule has 0 saturated carbocycles. The number of esters is 1. The number of amidine groups is 1. The minimum atomic E-state index is -0.568. The Morgan fingerprint density at radius 1 is 1.67 bits per heavy atom. The zero-order chi connectivity index (χ0) is 9.56. The van der Waals surface area contributed by atoms with E-state index in [-0.39, 0.29) is 12.3 Å². The van der Waals surface area contributed by atoms with Gasteiger partial charge in [0.05, 0.1) is 0 Å². The monoisotopic (exact) mass is 174 g/mol. The van der Waals surface area contributed by atoms with E-state index >= 15 is 0 Å². The van der Waals surface area contributed by atoms with E-state index in [0.717, 1.165) is 0 Å². The first-order valence-electron chi connectivity index (χ1n) is 3.70. The largest absolute Gasteiger partial charge is 0.436 e. The highest BCUT2D eigenvalue weighted by molar-refractivity contribution is 5.94. The lowest BCUT2D eigenvalue weighted by molar-refractivity contribution is -0.172. The van der Waals surface area contributed by atoms with Gasteiger partial charge in [-0.25, -0.2) is 0 Å². The summed E-state index contributed by atoms with van der Waals surface area (Å²) < 4.78 is 9.66. The van der Waals surface area contributed by atoms with Crippen LogP contribution in [0.15, 0.2) is 0 Å². The number of nitrogens with two attached hydrogens (primary N) is 1. The zero-order valence-corrected chi connectivity index (χ0v) is 7.29. The molecule has 0 saturated heterocycles. The van der Waals surface area contributed by atoms with Crippen molar-refractivity contribution >= 4 is 11.8 Å². The second-order valence-corrected chi connectivity index (χ2v) is 2.21. The molecule has 1 atom stereocenters. The predicted octanol–water partition coefficient (Wildman–Crippen LogP) is 0.238. The molecule has 0 rings (SSSR count). The molecule has 5 nitrogen and oxygen atoms in total. The van der Waals surface area contributed by atoms with Gasteiger partial charge in [-0.15, -0.1) is 0 Å². The van der Waals surface area contributed by atoms with Gasteiger partial charge in [-0.3, -0.25) is 10.2 Å². The molecule has 0 aromatic heterocycles. The minimum Gasteiger partial charge on any atom is -0.436 e. The van der Waals surface area contributed by atoms with Crippen LogP contribution in [0, 0.1) is 5.41 Å². The number of carbonyl (C=O) groups is 1. The summed E-state index contributed by atoms with van der Waals surface area (Å²) in [5, 5.41) is 6.81. The third-order valence-electron chi connectivity index (χ3n) is 1.03. The standard InChI is InChI=1S/C7H14N2O3/c1-3-11-5(2)12-7(10)4-6(8)9/h5H,3-4H2,1-2H3,(H3,8,9). The maximum Gasteiger partial charge on any atom is 0.315 e. The fourth-order valence-electron chi connectivity index (χ4n) is 0.651. The van der Waals surface area contributed by atoms with E-state index in [0.29, 0.717) is 6.61 Å². The van der Waals surface area contributed by atoms with Gasteiger partial charge in [0.2, 0.25) is 0 Å². The molecule has 12 heavy (non-hydrogen) atoms. The van der Waals surface area contributed by atoms with Crippen molar-refractivity contribution in [3.63, 3.8) is 0 Å². The van der Waals surface area contributed by atoms with E-state index < -0.39 is 12.3 Å².